The molecule has 0 atom stereocenters. The van der Waals surface area contributed by atoms with E-state index < -0.39 is 0 Å². The van der Waals surface area contributed by atoms with Crippen molar-refractivity contribution in [3.8, 4) is 28.6 Å². The molecule has 9 heteroatoms. The number of carbonyl (C=O) groups is 1. The number of rotatable bonds is 10. The molecule has 0 aliphatic rings. The summed E-state index contributed by atoms with van der Waals surface area (Å²) in [5.41, 5.74) is 6.37. The maximum Gasteiger partial charge on any atom is 0.250 e. The third kappa shape index (κ3) is 6.31. The molecule has 1 heterocycles. The summed E-state index contributed by atoms with van der Waals surface area (Å²) in [5, 5.41) is 13.5. The fourth-order valence-electron chi connectivity index (χ4n) is 3.38. The van der Waals surface area contributed by atoms with E-state index in [9.17, 15) is 4.79 Å². The van der Waals surface area contributed by atoms with Gasteiger partial charge in [-0.25, -0.2) is 5.43 Å². The van der Waals surface area contributed by atoms with Crippen LogP contribution in [0.2, 0.25) is 0 Å². The Morgan fingerprint density at radius 1 is 1.00 bits per heavy atom. The van der Waals surface area contributed by atoms with E-state index in [4.69, 9.17) is 9.47 Å². The third-order valence-corrected chi connectivity index (χ3v) is 6.13. The van der Waals surface area contributed by atoms with Crippen molar-refractivity contribution in [1.29, 1.82) is 0 Å². The maximum absolute atomic E-state index is 12.4. The molecule has 0 saturated heterocycles. The van der Waals surface area contributed by atoms with Crippen LogP contribution in [0.4, 0.5) is 0 Å². The average Bonchev–Trinajstić information content (AvgIpc) is 3.33. The second-order valence-electron chi connectivity index (χ2n) is 7.79. The number of methoxy groups -OCH3 is 1. The number of aryl methyl sites for hydroxylation is 1. The first-order chi connectivity index (χ1) is 17.6. The van der Waals surface area contributed by atoms with Gasteiger partial charge in [-0.05, 0) is 80.1 Å². The zero-order chi connectivity index (χ0) is 25.3. The number of nitrogens with zero attached hydrogens (tertiary/aromatic N) is 4. The molecule has 0 spiro atoms. The lowest BCUT2D eigenvalue weighted by atomic mass is 10.2. The van der Waals surface area contributed by atoms with E-state index >= 15 is 0 Å². The Balaban J connectivity index is 1.46. The number of hydrogen-bond acceptors (Lipinski definition) is 7. The van der Waals surface area contributed by atoms with Crippen LogP contribution in [-0.2, 0) is 4.79 Å². The van der Waals surface area contributed by atoms with E-state index in [0.29, 0.717) is 17.6 Å². The van der Waals surface area contributed by atoms with Crippen molar-refractivity contribution in [2.45, 2.75) is 19.0 Å². The molecule has 36 heavy (non-hydrogen) atoms. The van der Waals surface area contributed by atoms with Crippen molar-refractivity contribution in [3.05, 3.63) is 83.9 Å². The first kappa shape index (κ1) is 25.0. The predicted octanol–water partition coefficient (Wildman–Crippen LogP) is 4.89. The van der Waals surface area contributed by atoms with Gasteiger partial charge in [0.15, 0.2) is 11.0 Å². The molecule has 184 valence electrons. The van der Waals surface area contributed by atoms with Gasteiger partial charge in [0.25, 0.3) is 5.91 Å². The quantitative estimate of drug-likeness (QED) is 0.189. The molecule has 1 amide bonds. The number of hydrazone groups is 1. The summed E-state index contributed by atoms with van der Waals surface area (Å²) in [6, 6.07) is 23.2. The van der Waals surface area contributed by atoms with Crippen LogP contribution in [-0.4, -0.2) is 46.4 Å². The number of ether oxygens (including phenoxy) is 2. The average molecular weight is 502 g/mol. The first-order valence-electron chi connectivity index (χ1n) is 11.4. The van der Waals surface area contributed by atoms with Crippen molar-refractivity contribution in [1.82, 2.24) is 20.2 Å². The van der Waals surface area contributed by atoms with E-state index in [-0.39, 0.29) is 11.7 Å². The van der Waals surface area contributed by atoms with Crippen molar-refractivity contribution in [3.63, 3.8) is 0 Å². The minimum Gasteiger partial charge on any atom is -0.497 e. The highest BCUT2D eigenvalue weighted by Crippen LogP contribution is 2.29. The molecule has 3 aromatic carbocycles. The molecular formula is C27H27N5O3S. The molecule has 0 fully saturated rings. The van der Waals surface area contributed by atoms with Crippen LogP contribution in [0.15, 0.2) is 83.1 Å². The van der Waals surface area contributed by atoms with Crippen LogP contribution in [0.3, 0.4) is 0 Å². The van der Waals surface area contributed by atoms with E-state index in [1.807, 2.05) is 91.2 Å². The van der Waals surface area contributed by atoms with E-state index in [2.05, 4.69) is 20.7 Å². The molecular weight excluding hydrogens is 474 g/mol. The highest BCUT2D eigenvalue weighted by Gasteiger charge is 2.17. The molecule has 0 aliphatic heterocycles. The van der Waals surface area contributed by atoms with Crippen molar-refractivity contribution in [2.75, 3.05) is 19.5 Å². The largest absolute Gasteiger partial charge is 0.497 e. The number of nitrogens with one attached hydrogen (secondary N) is 1. The molecule has 1 N–H and O–H groups in total. The van der Waals surface area contributed by atoms with Gasteiger partial charge in [0.1, 0.15) is 11.5 Å². The smallest absolute Gasteiger partial charge is 0.250 e. The van der Waals surface area contributed by atoms with Crippen LogP contribution in [0.5, 0.6) is 11.5 Å². The third-order valence-electron chi connectivity index (χ3n) is 5.20. The summed E-state index contributed by atoms with van der Waals surface area (Å²) in [7, 11) is 1.63. The van der Waals surface area contributed by atoms with Crippen LogP contribution in [0.1, 0.15) is 18.1 Å². The fraction of sp³-hybridized carbons (Fsp3) is 0.185. The zero-order valence-electron chi connectivity index (χ0n) is 20.3. The topological polar surface area (TPSA) is 90.6 Å². The summed E-state index contributed by atoms with van der Waals surface area (Å²) in [6.07, 6.45) is 1.59. The normalized spacial score (nSPS) is 11.0. The van der Waals surface area contributed by atoms with Gasteiger partial charge < -0.3 is 9.47 Å². The van der Waals surface area contributed by atoms with Crippen LogP contribution < -0.4 is 14.9 Å². The second kappa shape index (κ2) is 12.0. The summed E-state index contributed by atoms with van der Waals surface area (Å²) in [5.74, 6) is 2.12. The number of carbonyl (C=O) groups excluding carboxylic acids is 1. The minimum absolute atomic E-state index is 0.132. The number of benzene rings is 3. The number of hydrogen-bond donors (Lipinski definition) is 1. The summed E-state index contributed by atoms with van der Waals surface area (Å²) >= 11 is 1.29. The predicted molar refractivity (Wildman–Crippen MR) is 142 cm³/mol. The van der Waals surface area contributed by atoms with Crippen LogP contribution in [0.25, 0.3) is 17.1 Å². The van der Waals surface area contributed by atoms with Gasteiger partial charge in [-0.15, -0.1) is 10.2 Å². The van der Waals surface area contributed by atoms with E-state index in [1.54, 1.807) is 13.3 Å². The lowest BCUT2D eigenvalue weighted by molar-refractivity contribution is -0.118. The molecule has 0 bridgehead atoms. The summed E-state index contributed by atoms with van der Waals surface area (Å²) in [6.45, 7) is 4.58. The standard InChI is InChI=1S/C27H27N5O3S/c1-4-35-24-13-7-20(8-14-24)17-28-29-25(33)18-36-27-31-30-26(21-9-15-23(34-3)16-10-21)32(27)22-11-5-19(2)6-12-22/h5-17H,4,18H2,1-3H3,(H,29,33)/b28-17-. The Kier molecular flexibility index (Phi) is 8.36. The molecule has 0 saturated carbocycles. The van der Waals surface area contributed by atoms with Gasteiger partial charge in [-0.1, -0.05) is 29.5 Å². The molecule has 0 aliphatic carbocycles. The number of thioether (sulfide) groups is 1. The summed E-state index contributed by atoms with van der Waals surface area (Å²) in [4.78, 5) is 12.4. The lowest BCUT2D eigenvalue weighted by Crippen LogP contribution is -2.20. The Bertz CT molecular complexity index is 1320. The highest BCUT2D eigenvalue weighted by atomic mass is 32.2. The summed E-state index contributed by atoms with van der Waals surface area (Å²) < 4.78 is 12.6. The molecule has 0 radical (unpaired) electrons. The van der Waals surface area contributed by atoms with E-state index in [1.165, 1.54) is 11.8 Å². The van der Waals surface area contributed by atoms with Gasteiger partial charge in [0.2, 0.25) is 0 Å². The Hall–Kier alpha value is -4.11. The van der Waals surface area contributed by atoms with Gasteiger partial charge in [0.05, 0.1) is 25.7 Å². The maximum atomic E-state index is 12.4. The zero-order valence-corrected chi connectivity index (χ0v) is 21.2. The molecule has 4 aromatic rings. The van der Waals surface area contributed by atoms with Gasteiger partial charge >= 0.3 is 0 Å². The van der Waals surface area contributed by atoms with Crippen molar-refractivity contribution >= 4 is 23.9 Å². The lowest BCUT2D eigenvalue weighted by Gasteiger charge is -2.11. The van der Waals surface area contributed by atoms with Crippen LogP contribution >= 0.6 is 11.8 Å². The monoisotopic (exact) mass is 501 g/mol. The molecule has 0 unspecified atom stereocenters. The van der Waals surface area contributed by atoms with Crippen LogP contribution in [0, 0.1) is 6.92 Å². The Labute approximate surface area is 214 Å². The Morgan fingerprint density at radius 3 is 2.36 bits per heavy atom. The Morgan fingerprint density at radius 2 is 1.69 bits per heavy atom. The first-order valence-corrected chi connectivity index (χ1v) is 12.4. The molecule has 1 aromatic heterocycles. The van der Waals surface area contributed by atoms with Gasteiger partial charge in [0, 0.05) is 11.3 Å². The fourth-order valence-corrected chi connectivity index (χ4v) is 4.12. The molecule has 4 rings (SSSR count). The number of aromatic nitrogens is 3. The van der Waals surface area contributed by atoms with Gasteiger partial charge in [-0.3, -0.25) is 9.36 Å². The van der Waals surface area contributed by atoms with Gasteiger partial charge in [-0.2, -0.15) is 5.10 Å². The second-order valence-corrected chi connectivity index (χ2v) is 8.73. The van der Waals surface area contributed by atoms with Crippen molar-refractivity contribution < 1.29 is 14.3 Å². The minimum atomic E-state index is -0.244. The SMILES string of the molecule is CCOc1ccc(/C=N\NC(=O)CSc2nnc(-c3ccc(OC)cc3)n2-c2ccc(C)cc2)cc1. The molecule has 8 nitrogen and oxygen atoms in total. The highest BCUT2D eigenvalue weighted by molar-refractivity contribution is 7.99. The number of amides is 1. The van der Waals surface area contributed by atoms with Crippen molar-refractivity contribution in [2.24, 2.45) is 5.10 Å². The van der Waals surface area contributed by atoms with E-state index in [0.717, 1.165) is 33.9 Å².